The molecule has 12 nitrogen and oxygen atoms in total. The fraction of sp³-hybridized carbons (Fsp3) is 0. The van der Waals surface area contributed by atoms with Crippen LogP contribution in [0.4, 0.5) is 0 Å². The van der Waals surface area contributed by atoms with Crippen molar-refractivity contribution in [2.75, 3.05) is 0 Å². The monoisotopic (exact) mass is 850 g/mol. The quantitative estimate of drug-likeness (QED) is 0.207. The van der Waals surface area contributed by atoms with Gasteiger partial charge in [0.05, 0.1) is 0 Å². The summed E-state index contributed by atoms with van der Waals surface area (Å²) < 4.78 is 103. The van der Waals surface area contributed by atoms with Crippen molar-refractivity contribution < 1.29 is 48.1 Å². The Kier molecular flexibility index (Phi) is 23.8. The smallest absolute Gasteiger partial charge is 3.00 e. The standard InChI is InChI=1S/2Bi.3H2O4Se/c;;3*1-5(2,3)4/h;;3*(H2,1,2,3,4)/q2*+3;;;/p-6. The van der Waals surface area contributed by atoms with Crippen molar-refractivity contribution in [3.63, 3.8) is 0 Å². The van der Waals surface area contributed by atoms with Gasteiger partial charge in [-0.25, -0.2) is 0 Å². The molecule has 0 bridgehead atoms. The van der Waals surface area contributed by atoms with Gasteiger partial charge in [-0.3, -0.25) is 0 Å². The molecule has 0 atom stereocenters. The van der Waals surface area contributed by atoms with Crippen LogP contribution in [-0.4, -0.2) is 92.5 Å². The van der Waals surface area contributed by atoms with E-state index in [1.165, 1.54) is 0 Å². The van der Waals surface area contributed by atoms with Gasteiger partial charge in [0.1, 0.15) is 0 Å². The molecule has 0 aliphatic rings. The molecular formula is Bi2O12Se3. The van der Waals surface area contributed by atoms with Crippen LogP contribution in [0.1, 0.15) is 0 Å². The van der Waals surface area contributed by atoms with E-state index in [1.807, 2.05) is 0 Å². The van der Waals surface area contributed by atoms with Crippen molar-refractivity contribution in [1.29, 1.82) is 0 Å². The zero-order valence-corrected chi connectivity index (χ0v) is 19.1. The first kappa shape index (κ1) is 31.3. The summed E-state index contributed by atoms with van der Waals surface area (Å²) in [5.74, 6) is 0. The summed E-state index contributed by atoms with van der Waals surface area (Å²) in [4.78, 5) is 0. The second-order valence-corrected chi connectivity index (χ2v) is 6.36. The van der Waals surface area contributed by atoms with Crippen LogP contribution in [0.25, 0.3) is 0 Å². The van der Waals surface area contributed by atoms with Crippen LogP contribution >= 0.6 is 0 Å². The SMILES string of the molecule is O=[Se](=O)([O-])[O-].O=[Se](=O)([O-])[O-].O=[Se](=O)([O-])[O-].[Bi+3].[Bi+3]. The average molecular weight is 847 g/mol. The van der Waals surface area contributed by atoms with Gasteiger partial charge in [0, 0.05) is 0 Å². The molecule has 0 spiro atoms. The van der Waals surface area contributed by atoms with E-state index in [0.717, 1.165) is 0 Å². The largest absolute Gasteiger partial charge is 3.00 e. The summed E-state index contributed by atoms with van der Waals surface area (Å²) in [6.07, 6.45) is 0. The maximum absolute atomic E-state index is 8.59. The Balaban J connectivity index is -0.0000000400. The molecular weight excluding hydrogens is 847 g/mol. The van der Waals surface area contributed by atoms with Gasteiger partial charge < -0.3 is 0 Å². The molecule has 0 aliphatic carbocycles. The molecule has 0 aliphatic heterocycles. The summed E-state index contributed by atoms with van der Waals surface area (Å²) in [6.45, 7) is 0. The molecule has 4 radical (unpaired) electrons. The minimum absolute atomic E-state index is 0. The number of rotatable bonds is 0. The van der Waals surface area contributed by atoms with E-state index < -0.39 is 40.1 Å². The van der Waals surface area contributed by atoms with E-state index in [4.69, 9.17) is 48.1 Å². The molecule has 0 heterocycles. The third-order valence-electron chi connectivity index (χ3n) is 0. The molecule has 0 aromatic heterocycles. The topological polar surface area (TPSA) is 241 Å². The van der Waals surface area contributed by atoms with Crippen molar-refractivity contribution in [2.24, 2.45) is 0 Å². The first-order chi connectivity index (χ1) is 6.00. The van der Waals surface area contributed by atoms with Crippen LogP contribution in [0.3, 0.4) is 0 Å². The number of hydrogen-bond donors (Lipinski definition) is 0. The van der Waals surface area contributed by atoms with Crippen molar-refractivity contribution in [3.05, 3.63) is 0 Å². The molecule has 0 rings (SSSR count). The van der Waals surface area contributed by atoms with Gasteiger partial charge in [-0.2, -0.15) is 0 Å². The fourth-order valence-electron chi connectivity index (χ4n) is 0. The Morgan fingerprint density at radius 1 is 0.412 bits per heavy atom. The van der Waals surface area contributed by atoms with E-state index in [2.05, 4.69) is 0 Å². The molecule has 0 fully saturated rings. The summed E-state index contributed by atoms with van der Waals surface area (Å²) in [6, 6.07) is 0. The number of hydrogen-bond acceptors (Lipinski definition) is 12. The maximum Gasteiger partial charge on any atom is 3.00 e. The zero-order chi connectivity index (χ0) is 13.5. The molecule has 0 aromatic carbocycles. The average Bonchev–Trinajstić information content (AvgIpc) is 1.41. The van der Waals surface area contributed by atoms with E-state index in [1.54, 1.807) is 0 Å². The third kappa shape index (κ3) is 1270. The molecule has 17 heteroatoms. The summed E-state index contributed by atoms with van der Waals surface area (Å²) in [5, 5.41) is 0. The van der Waals surface area contributed by atoms with Crippen LogP contribution in [0, 0.1) is 0 Å². The second-order valence-electron chi connectivity index (χ2n) is 1.22. The van der Waals surface area contributed by atoms with Crippen LogP contribution in [-0.2, 0) is 23.0 Å². The van der Waals surface area contributed by atoms with Crippen molar-refractivity contribution >= 4 is 92.5 Å². The molecule has 0 aromatic rings. The normalized spacial score (nSPS) is 10.2. The van der Waals surface area contributed by atoms with E-state index in [9.17, 15) is 0 Å². The van der Waals surface area contributed by atoms with Crippen LogP contribution < -0.4 is 25.1 Å². The molecule has 17 heavy (non-hydrogen) atoms. The Morgan fingerprint density at radius 3 is 0.412 bits per heavy atom. The van der Waals surface area contributed by atoms with E-state index in [-0.39, 0.29) is 52.4 Å². The predicted octanol–water partition coefficient (Wildman–Crippen LogP) is -9.75. The summed E-state index contributed by atoms with van der Waals surface area (Å²) in [5.41, 5.74) is 0. The zero-order valence-electron chi connectivity index (χ0n) is 7.02. The van der Waals surface area contributed by atoms with E-state index >= 15 is 0 Å². The van der Waals surface area contributed by atoms with Crippen LogP contribution in [0.5, 0.6) is 0 Å². The molecule has 100 valence electrons. The van der Waals surface area contributed by atoms with Crippen molar-refractivity contribution in [3.8, 4) is 0 Å². The summed E-state index contributed by atoms with van der Waals surface area (Å²) in [7, 11) is 0. The Morgan fingerprint density at radius 2 is 0.412 bits per heavy atom. The molecule has 0 saturated heterocycles. The van der Waals surface area contributed by atoms with E-state index in [0.29, 0.717) is 0 Å². The minimum atomic E-state index is -5.75. The molecule has 0 unspecified atom stereocenters. The molecule has 0 saturated carbocycles. The first-order valence-corrected chi connectivity index (χ1v) is 10.4. The van der Waals surface area contributed by atoms with Crippen molar-refractivity contribution in [2.45, 2.75) is 0 Å². The van der Waals surface area contributed by atoms with Gasteiger partial charge in [-0.15, -0.1) is 0 Å². The first-order valence-electron chi connectivity index (χ1n) is 2.00. The Hall–Kier alpha value is 1.88. The molecule has 0 amide bonds. The third-order valence-corrected chi connectivity index (χ3v) is 0. The van der Waals surface area contributed by atoms with Gasteiger partial charge in [0.25, 0.3) is 0 Å². The van der Waals surface area contributed by atoms with Crippen LogP contribution in [0.2, 0.25) is 0 Å². The Labute approximate surface area is 139 Å². The predicted molar refractivity (Wildman–Crippen MR) is 32.9 cm³/mol. The Bertz CT molecular complexity index is 341. The summed E-state index contributed by atoms with van der Waals surface area (Å²) >= 11 is -17.2. The van der Waals surface area contributed by atoms with Crippen molar-refractivity contribution in [1.82, 2.24) is 0 Å². The molecule has 0 N–H and O–H groups in total. The van der Waals surface area contributed by atoms with Crippen LogP contribution in [0.15, 0.2) is 0 Å². The second kappa shape index (κ2) is 12.9. The van der Waals surface area contributed by atoms with Gasteiger partial charge in [0.2, 0.25) is 0 Å². The fourth-order valence-corrected chi connectivity index (χ4v) is 0. The van der Waals surface area contributed by atoms with Gasteiger partial charge >= 0.3 is 141 Å². The van der Waals surface area contributed by atoms with Gasteiger partial charge in [-0.05, 0) is 0 Å². The maximum atomic E-state index is 8.59. The van der Waals surface area contributed by atoms with Gasteiger partial charge in [-0.1, -0.05) is 0 Å². The van der Waals surface area contributed by atoms with Gasteiger partial charge in [0.15, 0.2) is 0 Å². The minimum Gasteiger partial charge on any atom is 3.00 e.